The molecule has 0 fully saturated rings. The smallest absolute Gasteiger partial charge is 0.239 e. The largest absolute Gasteiger partial charge is 0.392 e. The summed E-state index contributed by atoms with van der Waals surface area (Å²) in [4.78, 5) is 17.1. The molecule has 0 unspecified atom stereocenters. The average Bonchev–Trinajstić information content (AvgIpc) is 2.82. The highest BCUT2D eigenvalue weighted by Gasteiger charge is 2.38. The van der Waals surface area contributed by atoms with Gasteiger partial charge in [-0.1, -0.05) is 49.5 Å². The van der Waals surface area contributed by atoms with Gasteiger partial charge in [0.1, 0.15) is 0 Å². The Kier molecular flexibility index (Phi) is 4.35. The highest BCUT2D eigenvalue weighted by Crippen LogP contribution is 2.31. The molecule has 0 aliphatic heterocycles. The van der Waals surface area contributed by atoms with Gasteiger partial charge in [0, 0.05) is 0 Å². The number of para-hydroxylation sites is 1. The first-order valence-electron chi connectivity index (χ1n) is 6.50. The van der Waals surface area contributed by atoms with Crippen LogP contribution in [0.4, 0.5) is 5.13 Å². The van der Waals surface area contributed by atoms with Gasteiger partial charge in [-0.2, -0.15) is 0 Å². The summed E-state index contributed by atoms with van der Waals surface area (Å²) in [5.41, 5.74) is 5.85. The van der Waals surface area contributed by atoms with Crippen LogP contribution in [-0.4, -0.2) is 15.9 Å². The predicted octanol–water partition coefficient (Wildman–Crippen LogP) is 3.33. The van der Waals surface area contributed by atoms with Gasteiger partial charge in [0.25, 0.3) is 0 Å². The van der Waals surface area contributed by atoms with Crippen LogP contribution in [0.5, 0.6) is 0 Å². The van der Waals surface area contributed by atoms with E-state index in [9.17, 15) is 4.79 Å². The SMILES string of the molecule is CCC(CC)(C(=O)Nc1nc2ccccc2s1)C(N)=S. The molecule has 0 bridgehead atoms. The topological polar surface area (TPSA) is 68.0 Å². The number of nitrogens with two attached hydrogens (primary N) is 1. The lowest BCUT2D eigenvalue weighted by molar-refractivity contribution is -0.122. The number of rotatable bonds is 5. The number of fused-ring (bicyclic) bond motifs is 1. The van der Waals surface area contributed by atoms with Crippen LogP contribution in [0.15, 0.2) is 24.3 Å². The lowest BCUT2D eigenvalue weighted by Crippen LogP contribution is -2.45. The van der Waals surface area contributed by atoms with Crippen LogP contribution in [0.3, 0.4) is 0 Å². The van der Waals surface area contributed by atoms with E-state index in [0.717, 1.165) is 10.2 Å². The Bertz CT molecular complexity index is 614. The number of hydrogen-bond acceptors (Lipinski definition) is 4. The zero-order valence-corrected chi connectivity index (χ0v) is 13.1. The zero-order valence-electron chi connectivity index (χ0n) is 11.5. The number of carbonyl (C=O) groups is 1. The molecule has 0 atom stereocenters. The van der Waals surface area contributed by atoms with E-state index in [1.807, 2.05) is 38.1 Å². The van der Waals surface area contributed by atoms with Crippen LogP contribution in [0.2, 0.25) is 0 Å². The molecule has 0 radical (unpaired) electrons. The van der Waals surface area contributed by atoms with Gasteiger partial charge in [0.2, 0.25) is 5.91 Å². The third-order valence-electron chi connectivity index (χ3n) is 3.63. The second kappa shape index (κ2) is 5.85. The summed E-state index contributed by atoms with van der Waals surface area (Å²) in [5, 5.41) is 3.44. The highest BCUT2D eigenvalue weighted by atomic mass is 32.1. The number of thiazole rings is 1. The van der Waals surface area contributed by atoms with Crippen molar-refractivity contribution >= 4 is 49.8 Å². The number of nitrogens with one attached hydrogen (secondary N) is 1. The molecule has 20 heavy (non-hydrogen) atoms. The van der Waals surface area contributed by atoms with Crippen molar-refractivity contribution in [3.05, 3.63) is 24.3 Å². The Morgan fingerprint density at radius 3 is 2.60 bits per heavy atom. The summed E-state index contributed by atoms with van der Waals surface area (Å²) in [5.74, 6) is -0.172. The molecule has 0 saturated heterocycles. The summed E-state index contributed by atoms with van der Waals surface area (Å²) in [6.07, 6.45) is 1.16. The molecule has 0 aliphatic rings. The quantitative estimate of drug-likeness (QED) is 0.831. The molecular weight excluding hydrogens is 290 g/mol. The van der Waals surface area contributed by atoms with Crippen molar-refractivity contribution in [3.63, 3.8) is 0 Å². The third kappa shape index (κ3) is 2.53. The van der Waals surface area contributed by atoms with E-state index in [4.69, 9.17) is 18.0 Å². The number of thiocarbonyl (C=S) groups is 1. The van der Waals surface area contributed by atoms with E-state index in [1.54, 1.807) is 0 Å². The standard InChI is InChI=1S/C14H17N3OS2/c1-3-14(4-2,11(15)19)12(18)17-13-16-9-7-5-6-8-10(9)20-13/h5-8H,3-4H2,1-2H3,(H2,15,19)(H,16,17,18). The van der Waals surface area contributed by atoms with Crippen LogP contribution in [0.1, 0.15) is 26.7 Å². The number of carbonyl (C=O) groups excluding carboxylic acids is 1. The maximum atomic E-state index is 12.5. The molecule has 1 aromatic carbocycles. The Morgan fingerprint density at radius 1 is 1.40 bits per heavy atom. The maximum absolute atomic E-state index is 12.5. The Balaban J connectivity index is 2.28. The fourth-order valence-corrected chi connectivity index (χ4v) is 3.42. The summed E-state index contributed by atoms with van der Waals surface area (Å²) in [6.45, 7) is 3.83. The van der Waals surface area contributed by atoms with Gasteiger partial charge < -0.3 is 11.1 Å². The first-order valence-corrected chi connectivity index (χ1v) is 7.73. The van der Waals surface area contributed by atoms with Crippen LogP contribution >= 0.6 is 23.6 Å². The predicted molar refractivity (Wildman–Crippen MR) is 88.1 cm³/mol. The zero-order chi connectivity index (χ0) is 14.8. The van der Waals surface area contributed by atoms with E-state index in [-0.39, 0.29) is 10.9 Å². The molecule has 106 valence electrons. The number of anilines is 1. The molecule has 4 nitrogen and oxygen atoms in total. The monoisotopic (exact) mass is 307 g/mol. The lowest BCUT2D eigenvalue weighted by Gasteiger charge is -2.28. The molecule has 3 N–H and O–H groups in total. The fraction of sp³-hybridized carbons (Fsp3) is 0.357. The van der Waals surface area contributed by atoms with Crippen LogP contribution in [-0.2, 0) is 4.79 Å². The molecule has 0 spiro atoms. The second-order valence-electron chi connectivity index (χ2n) is 4.59. The van der Waals surface area contributed by atoms with E-state index in [1.165, 1.54) is 11.3 Å². The number of benzene rings is 1. The average molecular weight is 307 g/mol. The molecule has 1 heterocycles. The second-order valence-corrected chi connectivity index (χ2v) is 6.06. The number of amides is 1. The number of nitrogens with zero attached hydrogens (tertiary/aromatic N) is 1. The first kappa shape index (κ1) is 14.9. The van der Waals surface area contributed by atoms with Crippen LogP contribution in [0, 0.1) is 5.41 Å². The first-order chi connectivity index (χ1) is 9.53. The molecule has 0 aliphatic carbocycles. The Labute approximate surface area is 127 Å². The normalized spacial score (nSPS) is 11.5. The van der Waals surface area contributed by atoms with Gasteiger partial charge in [0.05, 0.1) is 20.6 Å². The van der Waals surface area contributed by atoms with Gasteiger partial charge in [0.15, 0.2) is 5.13 Å². The van der Waals surface area contributed by atoms with Crippen molar-refractivity contribution in [1.29, 1.82) is 0 Å². The molecule has 1 aromatic heterocycles. The van der Waals surface area contributed by atoms with Crippen molar-refractivity contribution in [2.24, 2.45) is 11.1 Å². The van der Waals surface area contributed by atoms with Gasteiger partial charge in [-0.3, -0.25) is 4.79 Å². The maximum Gasteiger partial charge on any atom is 0.239 e. The minimum absolute atomic E-state index is 0.172. The van der Waals surface area contributed by atoms with Gasteiger partial charge >= 0.3 is 0 Å². The molecule has 2 aromatic rings. The molecule has 0 saturated carbocycles. The lowest BCUT2D eigenvalue weighted by atomic mass is 9.81. The third-order valence-corrected chi connectivity index (χ3v) is 4.97. The number of hydrogen-bond donors (Lipinski definition) is 2. The van der Waals surface area contributed by atoms with E-state index in [0.29, 0.717) is 18.0 Å². The van der Waals surface area contributed by atoms with E-state index < -0.39 is 5.41 Å². The van der Waals surface area contributed by atoms with E-state index >= 15 is 0 Å². The fourth-order valence-electron chi connectivity index (χ4n) is 2.17. The Hall–Kier alpha value is -1.53. The summed E-state index contributed by atoms with van der Waals surface area (Å²) >= 11 is 6.53. The molecule has 1 amide bonds. The minimum Gasteiger partial charge on any atom is -0.392 e. The van der Waals surface area contributed by atoms with Crippen LogP contribution in [0.25, 0.3) is 10.2 Å². The van der Waals surface area contributed by atoms with Gasteiger partial charge in [-0.25, -0.2) is 4.98 Å². The van der Waals surface area contributed by atoms with Crippen molar-refractivity contribution in [2.75, 3.05) is 5.32 Å². The summed E-state index contributed by atoms with van der Waals surface area (Å²) < 4.78 is 1.04. The van der Waals surface area contributed by atoms with Crippen molar-refractivity contribution in [1.82, 2.24) is 4.98 Å². The van der Waals surface area contributed by atoms with Gasteiger partial charge in [-0.05, 0) is 25.0 Å². The molecule has 2 rings (SSSR count). The van der Waals surface area contributed by atoms with Crippen molar-refractivity contribution < 1.29 is 4.79 Å². The summed E-state index contributed by atoms with van der Waals surface area (Å²) in [7, 11) is 0. The molecular formula is C14H17N3OS2. The van der Waals surface area contributed by atoms with Crippen LogP contribution < -0.4 is 11.1 Å². The van der Waals surface area contributed by atoms with Crippen molar-refractivity contribution in [2.45, 2.75) is 26.7 Å². The highest BCUT2D eigenvalue weighted by molar-refractivity contribution is 7.80. The minimum atomic E-state index is -0.798. The van der Waals surface area contributed by atoms with E-state index in [2.05, 4.69) is 10.3 Å². The van der Waals surface area contributed by atoms with Gasteiger partial charge in [-0.15, -0.1) is 0 Å². The molecule has 6 heteroatoms. The summed E-state index contributed by atoms with van der Waals surface area (Å²) in [6, 6.07) is 7.76. The Morgan fingerprint density at radius 2 is 2.05 bits per heavy atom. The number of aromatic nitrogens is 1. The van der Waals surface area contributed by atoms with Crippen molar-refractivity contribution in [3.8, 4) is 0 Å².